The minimum absolute atomic E-state index is 0.0635. The van der Waals surface area contributed by atoms with E-state index < -0.39 is 5.97 Å². The predicted molar refractivity (Wildman–Crippen MR) is 67.3 cm³/mol. The smallest absolute Gasteiger partial charge is 0.307 e. The number of rotatable bonds is 3. The second-order valence-electron chi connectivity index (χ2n) is 3.50. The molecule has 2 aromatic rings. The number of benzene rings is 1. The molecule has 1 aromatic carbocycles. The number of carbonyl (C=O) groups is 1. The van der Waals surface area contributed by atoms with Crippen LogP contribution in [0.3, 0.4) is 0 Å². The Hall–Kier alpha value is -1.13. The van der Waals surface area contributed by atoms with Crippen molar-refractivity contribution >= 4 is 41.1 Å². The third kappa shape index (κ3) is 1.90. The van der Waals surface area contributed by atoms with Crippen LogP contribution in [-0.2, 0) is 17.0 Å². The first kappa shape index (κ1) is 11.4. The highest BCUT2D eigenvalue weighted by Gasteiger charge is 2.12. The molecule has 0 atom stereocenters. The van der Waals surface area contributed by atoms with Crippen molar-refractivity contribution in [3.63, 3.8) is 0 Å². The van der Waals surface area contributed by atoms with Gasteiger partial charge in [-0.05, 0) is 17.2 Å². The molecule has 0 bridgehead atoms. The van der Waals surface area contributed by atoms with E-state index in [0.717, 1.165) is 16.5 Å². The maximum absolute atomic E-state index is 10.7. The SMILES string of the molecule is O=C(O)Cc1ccc2[nH]cc(CS)c2c1Cl. The zero-order chi connectivity index (χ0) is 11.7. The first-order valence-electron chi connectivity index (χ1n) is 4.73. The largest absolute Gasteiger partial charge is 0.481 e. The summed E-state index contributed by atoms with van der Waals surface area (Å²) >= 11 is 10.4. The van der Waals surface area contributed by atoms with E-state index in [1.165, 1.54) is 0 Å². The van der Waals surface area contributed by atoms with Gasteiger partial charge in [-0.1, -0.05) is 17.7 Å². The van der Waals surface area contributed by atoms with Crippen LogP contribution in [0.2, 0.25) is 5.02 Å². The van der Waals surface area contributed by atoms with Crippen molar-refractivity contribution in [2.45, 2.75) is 12.2 Å². The molecule has 5 heteroatoms. The molecule has 1 aromatic heterocycles. The Bertz CT molecular complexity index is 550. The van der Waals surface area contributed by atoms with E-state index in [-0.39, 0.29) is 6.42 Å². The van der Waals surface area contributed by atoms with Gasteiger partial charge in [-0.2, -0.15) is 12.6 Å². The quantitative estimate of drug-likeness (QED) is 0.739. The molecule has 0 amide bonds. The van der Waals surface area contributed by atoms with Crippen LogP contribution in [0.25, 0.3) is 10.9 Å². The Morgan fingerprint density at radius 1 is 1.44 bits per heavy atom. The fourth-order valence-corrected chi connectivity index (χ4v) is 2.32. The molecule has 0 fully saturated rings. The average Bonchev–Trinajstić information content (AvgIpc) is 2.65. The number of thiol groups is 1. The lowest BCUT2D eigenvalue weighted by molar-refractivity contribution is -0.136. The third-order valence-electron chi connectivity index (χ3n) is 2.46. The topological polar surface area (TPSA) is 53.1 Å². The van der Waals surface area contributed by atoms with Gasteiger partial charge in [0.15, 0.2) is 0 Å². The number of halogens is 1. The van der Waals surface area contributed by atoms with Gasteiger partial charge in [-0.15, -0.1) is 0 Å². The van der Waals surface area contributed by atoms with Crippen LogP contribution in [0.15, 0.2) is 18.3 Å². The second-order valence-corrected chi connectivity index (χ2v) is 4.20. The molecule has 0 aliphatic rings. The summed E-state index contributed by atoms with van der Waals surface area (Å²) in [6.07, 6.45) is 1.78. The number of aromatic amines is 1. The summed E-state index contributed by atoms with van der Waals surface area (Å²) in [5.74, 6) is -0.319. The van der Waals surface area contributed by atoms with Crippen molar-refractivity contribution in [2.75, 3.05) is 0 Å². The van der Waals surface area contributed by atoms with Gasteiger partial charge < -0.3 is 10.1 Å². The summed E-state index contributed by atoms with van der Waals surface area (Å²) in [6.45, 7) is 0. The zero-order valence-electron chi connectivity index (χ0n) is 8.33. The average molecular weight is 256 g/mol. The normalized spacial score (nSPS) is 10.9. The molecule has 2 rings (SSSR count). The minimum Gasteiger partial charge on any atom is -0.481 e. The van der Waals surface area contributed by atoms with E-state index in [1.54, 1.807) is 6.07 Å². The fourth-order valence-electron chi connectivity index (χ4n) is 1.71. The van der Waals surface area contributed by atoms with Crippen molar-refractivity contribution in [3.8, 4) is 0 Å². The lowest BCUT2D eigenvalue weighted by Gasteiger charge is -2.04. The summed E-state index contributed by atoms with van der Waals surface area (Å²) in [5.41, 5.74) is 2.52. The number of nitrogens with one attached hydrogen (secondary N) is 1. The lowest BCUT2D eigenvalue weighted by atomic mass is 10.1. The van der Waals surface area contributed by atoms with E-state index in [9.17, 15) is 4.79 Å². The molecule has 0 saturated heterocycles. The van der Waals surface area contributed by atoms with Crippen molar-refractivity contribution in [2.24, 2.45) is 0 Å². The number of aliphatic carboxylic acids is 1. The van der Waals surface area contributed by atoms with Crippen molar-refractivity contribution < 1.29 is 9.90 Å². The third-order valence-corrected chi connectivity index (χ3v) is 3.23. The van der Waals surface area contributed by atoms with Gasteiger partial charge in [0.25, 0.3) is 0 Å². The Kier molecular flexibility index (Phi) is 3.12. The van der Waals surface area contributed by atoms with Gasteiger partial charge in [-0.3, -0.25) is 4.79 Å². The van der Waals surface area contributed by atoms with Gasteiger partial charge in [-0.25, -0.2) is 0 Å². The molecule has 0 saturated carbocycles. The van der Waals surface area contributed by atoms with Crippen LogP contribution in [0, 0.1) is 0 Å². The number of carboxylic acid groups (broad SMARTS) is 1. The highest BCUT2D eigenvalue weighted by molar-refractivity contribution is 7.79. The Morgan fingerprint density at radius 3 is 2.81 bits per heavy atom. The zero-order valence-corrected chi connectivity index (χ0v) is 9.98. The van der Waals surface area contributed by atoms with Crippen LogP contribution in [-0.4, -0.2) is 16.1 Å². The monoisotopic (exact) mass is 255 g/mol. The van der Waals surface area contributed by atoms with E-state index >= 15 is 0 Å². The van der Waals surface area contributed by atoms with Gasteiger partial charge >= 0.3 is 5.97 Å². The first-order valence-corrected chi connectivity index (χ1v) is 5.74. The number of fused-ring (bicyclic) bond motifs is 1. The van der Waals surface area contributed by atoms with Gasteiger partial charge in [0.05, 0.1) is 11.4 Å². The standard InChI is InChI=1S/C11H10ClNO2S/c12-11-6(3-9(14)15)1-2-8-10(11)7(5-16)4-13-8/h1-2,4,13,16H,3,5H2,(H,14,15). The number of H-pyrrole nitrogens is 1. The molecule has 0 unspecified atom stereocenters. The molecule has 16 heavy (non-hydrogen) atoms. The lowest BCUT2D eigenvalue weighted by Crippen LogP contribution is -2.00. The highest BCUT2D eigenvalue weighted by atomic mass is 35.5. The molecular formula is C11H10ClNO2S. The van der Waals surface area contributed by atoms with Crippen LogP contribution < -0.4 is 0 Å². The maximum atomic E-state index is 10.7. The van der Waals surface area contributed by atoms with E-state index in [1.807, 2.05) is 12.3 Å². The van der Waals surface area contributed by atoms with Crippen LogP contribution in [0.5, 0.6) is 0 Å². The van der Waals surface area contributed by atoms with E-state index in [0.29, 0.717) is 16.3 Å². The highest BCUT2D eigenvalue weighted by Crippen LogP contribution is 2.31. The maximum Gasteiger partial charge on any atom is 0.307 e. The number of aromatic nitrogens is 1. The summed E-state index contributed by atoms with van der Waals surface area (Å²) in [6, 6.07) is 3.57. The first-order chi connectivity index (χ1) is 7.63. The molecule has 1 heterocycles. The molecule has 3 nitrogen and oxygen atoms in total. The molecule has 0 aliphatic heterocycles. The Labute approximate surface area is 103 Å². The summed E-state index contributed by atoms with van der Waals surface area (Å²) < 4.78 is 0. The molecular weight excluding hydrogens is 246 g/mol. The Balaban J connectivity index is 2.61. The molecule has 84 valence electrons. The summed E-state index contributed by atoms with van der Waals surface area (Å²) in [7, 11) is 0. The molecule has 0 spiro atoms. The van der Waals surface area contributed by atoms with Crippen LogP contribution >= 0.6 is 24.2 Å². The van der Waals surface area contributed by atoms with Crippen molar-refractivity contribution in [3.05, 3.63) is 34.5 Å². The Morgan fingerprint density at radius 2 is 2.19 bits per heavy atom. The predicted octanol–water partition coefficient (Wildman–Crippen LogP) is 2.88. The number of carboxylic acids is 1. The van der Waals surface area contributed by atoms with Crippen LogP contribution in [0.1, 0.15) is 11.1 Å². The van der Waals surface area contributed by atoms with E-state index in [4.69, 9.17) is 16.7 Å². The second kappa shape index (κ2) is 4.39. The summed E-state index contributed by atoms with van der Waals surface area (Å²) in [5, 5.41) is 10.1. The molecule has 2 N–H and O–H groups in total. The van der Waals surface area contributed by atoms with Gasteiger partial charge in [0.2, 0.25) is 0 Å². The number of hydrogen-bond acceptors (Lipinski definition) is 2. The van der Waals surface area contributed by atoms with Gasteiger partial charge in [0, 0.05) is 22.9 Å². The van der Waals surface area contributed by atoms with E-state index in [2.05, 4.69) is 17.6 Å². The number of hydrogen-bond donors (Lipinski definition) is 3. The van der Waals surface area contributed by atoms with Crippen molar-refractivity contribution in [1.29, 1.82) is 0 Å². The van der Waals surface area contributed by atoms with Crippen LogP contribution in [0.4, 0.5) is 0 Å². The van der Waals surface area contributed by atoms with Gasteiger partial charge in [0.1, 0.15) is 0 Å². The summed E-state index contributed by atoms with van der Waals surface area (Å²) in [4.78, 5) is 13.7. The minimum atomic E-state index is -0.885. The van der Waals surface area contributed by atoms with Crippen molar-refractivity contribution in [1.82, 2.24) is 4.98 Å². The fraction of sp³-hybridized carbons (Fsp3) is 0.182. The molecule has 0 radical (unpaired) electrons. The molecule has 0 aliphatic carbocycles.